The minimum Gasteiger partial charge on any atom is -0.445 e. The van der Waals surface area contributed by atoms with Gasteiger partial charge in [-0.15, -0.1) is 11.8 Å². The summed E-state index contributed by atoms with van der Waals surface area (Å²) in [5.41, 5.74) is 0. The van der Waals surface area contributed by atoms with Crippen LogP contribution in [0.2, 0.25) is 0 Å². The molecule has 0 unspecified atom stereocenters. The molecule has 1 N–H and O–H groups in total. The van der Waals surface area contributed by atoms with E-state index in [0.717, 1.165) is 41.5 Å². The van der Waals surface area contributed by atoms with Crippen LogP contribution in [0.4, 0.5) is 5.13 Å². The van der Waals surface area contributed by atoms with Crippen molar-refractivity contribution >= 4 is 34.1 Å². The third-order valence-corrected chi connectivity index (χ3v) is 5.57. The largest absolute Gasteiger partial charge is 0.445 e. The summed E-state index contributed by atoms with van der Waals surface area (Å²) >= 11 is 3.12. The number of oxazole rings is 1. The van der Waals surface area contributed by atoms with E-state index in [4.69, 9.17) is 4.42 Å². The molecule has 0 aromatic carbocycles. The lowest BCUT2D eigenvalue weighted by Crippen LogP contribution is -2.27. The lowest BCUT2D eigenvalue weighted by molar-refractivity contribution is -0.122. The van der Waals surface area contributed by atoms with Crippen molar-refractivity contribution in [1.29, 1.82) is 0 Å². The number of amides is 1. The molecule has 0 atom stereocenters. The van der Waals surface area contributed by atoms with Gasteiger partial charge >= 0.3 is 0 Å². The first kappa shape index (κ1) is 14.6. The fourth-order valence-corrected chi connectivity index (χ4v) is 3.70. The molecule has 21 heavy (non-hydrogen) atoms. The molecule has 0 aliphatic heterocycles. The van der Waals surface area contributed by atoms with Crippen LogP contribution in [0.15, 0.2) is 21.0 Å². The molecule has 1 aliphatic carbocycles. The smallest absolute Gasteiger partial charge is 0.229 e. The zero-order valence-corrected chi connectivity index (χ0v) is 13.4. The number of rotatable bonds is 6. The lowest BCUT2D eigenvalue weighted by atomic mass is 9.85. The van der Waals surface area contributed by atoms with Gasteiger partial charge in [-0.2, -0.15) is 0 Å². The molecule has 3 rings (SSSR count). The number of anilines is 1. The highest BCUT2D eigenvalue weighted by Gasteiger charge is 2.25. The Labute approximate surface area is 131 Å². The SMILES string of the molecule is CCc1cnc(CSc2cnc(NC(=O)C3CCC3)s2)o1. The van der Waals surface area contributed by atoms with Crippen molar-refractivity contribution in [2.75, 3.05) is 5.32 Å². The van der Waals surface area contributed by atoms with Gasteiger partial charge in [0.25, 0.3) is 0 Å². The van der Waals surface area contributed by atoms with Crippen LogP contribution in [0, 0.1) is 5.92 Å². The van der Waals surface area contributed by atoms with Crippen LogP contribution in [-0.2, 0) is 17.0 Å². The third kappa shape index (κ3) is 3.65. The predicted molar refractivity (Wildman–Crippen MR) is 83.5 cm³/mol. The number of aryl methyl sites for hydroxylation is 1. The van der Waals surface area contributed by atoms with E-state index in [1.807, 2.05) is 6.92 Å². The summed E-state index contributed by atoms with van der Waals surface area (Å²) in [5, 5.41) is 3.57. The van der Waals surface area contributed by atoms with Gasteiger partial charge in [0.05, 0.1) is 22.4 Å². The maximum absolute atomic E-state index is 11.8. The number of nitrogens with one attached hydrogen (secondary N) is 1. The molecular weight excluding hydrogens is 306 g/mol. The Morgan fingerprint density at radius 2 is 2.33 bits per heavy atom. The zero-order valence-electron chi connectivity index (χ0n) is 11.8. The summed E-state index contributed by atoms with van der Waals surface area (Å²) < 4.78 is 6.61. The Balaban J connectivity index is 1.51. The van der Waals surface area contributed by atoms with Crippen molar-refractivity contribution < 1.29 is 9.21 Å². The fraction of sp³-hybridized carbons (Fsp3) is 0.500. The molecule has 0 saturated heterocycles. The highest BCUT2D eigenvalue weighted by Crippen LogP contribution is 2.32. The van der Waals surface area contributed by atoms with E-state index in [9.17, 15) is 4.79 Å². The Bertz CT molecular complexity index is 619. The van der Waals surface area contributed by atoms with Crippen molar-refractivity contribution in [3.05, 3.63) is 24.0 Å². The quantitative estimate of drug-likeness (QED) is 0.821. The number of thiazole rings is 1. The lowest BCUT2D eigenvalue weighted by Gasteiger charge is -2.23. The molecule has 7 heteroatoms. The van der Waals surface area contributed by atoms with E-state index in [1.54, 1.807) is 24.2 Å². The standard InChI is InChI=1S/C14H17N3O2S2/c1-2-10-6-15-11(19-10)8-20-12-7-16-14(21-12)17-13(18)9-4-3-5-9/h6-7,9H,2-5,8H2,1H3,(H,16,17,18). The molecule has 5 nitrogen and oxygen atoms in total. The second kappa shape index (κ2) is 6.62. The van der Waals surface area contributed by atoms with Gasteiger partial charge in [0.1, 0.15) is 5.76 Å². The minimum atomic E-state index is 0.104. The Hall–Kier alpha value is -1.34. The number of hydrogen-bond acceptors (Lipinski definition) is 6. The van der Waals surface area contributed by atoms with Gasteiger partial charge in [0, 0.05) is 12.3 Å². The Morgan fingerprint density at radius 1 is 1.48 bits per heavy atom. The summed E-state index contributed by atoms with van der Waals surface area (Å²) in [7, 11) is 0. The minimum absolute atomic E-state index is 0.104. The van der Waals surface area contributed by atoms with E-state index in [0.29, 0.717) is 10.9 Å². The number of nitrogens with zero attached hydrogens (tertiary/aromatic N) is 2. The van der Waals surface area contributed by atoms with Crippen LogP contribution in [0.3, 0.4) is 0 Å². The van der Waals surface area contributed by atoms with Gasteiger partial charge in [-0.05, 0) is 12.8 Å². The molecule has 1 saturated carbocycles. The number of thioether (sulfide) groups is 1. The normalized spacial score (nSPS) is 14.9. The molecule has 1 amide bonds. The highest BCUT2D eigenvalue weighted by atomic mass is 32.2. The maximum atomic E-state index is 11.8. The monoisotopic (exact) mass is 323 g/mol. The van der Waals surface area contributed by atoms with Crippen LogP contribution in [0.1, 0.15) is 37.8 Å². The molecule has 0 radical (unpaired) electrons. The van der Waals surface area contributed by atoms with Gasteiger partial charge < -0.3 is 9.73 Å². The van der Waals surface area contributed by atoms with Gasteiger partial charge in [0.2, 0.25) is 11.8 Å². The fourth-order valence-electron chi connectivity index (χ4n) is 1.97. The van der Waals surface area contributed by atoms with Crippen LogP contribution < -0.4 is 5.32 Å². The second-order valence-corrected chi connectivity index (χ2v) is 7.27. The van der Waals surface area contributed by atoms with Crippen molar-refractivity contribution in [3.63, 3.8) is 0 Å². The molecule has 0 spiro atoms. The van der Waals surface area contributed by atoms with E-state index in [-0.39, 0.29) is 11.8 Å². The summed E-state index contributed by atoms with van der Waals surface area (Å²) in [6, 6.07) is 0. The predicted octanol–water partition coefficient (Wildman–Crippen LogP) is 3.72. The topological polar surface area (TPSA) is 68.0 Å². The molecule has 0 bridgehead atoms. The van der Waals surface area contributed by atoms with Gasteiger partial charge in [0.15, 0.2) is 5.13 Å². The number of aromatic nitrogens is 2. The van der Waals surface area contributed by atoms with Crippen molar-refractivity contribution in [2.45, 2.75) is 42.6 Å². The number of hydrogen-bond donors (Lipinski definition) is 1. The van der Waals surface area contributed by atoms with E-state index in [2.05, 4.69) is 15.3 Å². The summed E-state index contributed by atoms with van der Waals surface area (Å²) in [4.78, 5) is 20.3. The maximum Gasteiger partial charge on any atom is 0.229 e. The molecule has 2 heterocycles. The molecule has 2 aromatic heterocycles. The summed E-state index contributed by atoms with van der Waals surface area (Å²) in [6.45, 7) is 2.04. The van der Waals surface area contributed by atoms with Crippen molar-refractivity contribution in [2.24, 2.45) is 5.92 Å². The van der Waals surface area contributed by atoms with E-state index in [1.165, 1.54) is 11.3 Å². The molecule has 1 aliphatic rings. The van der Waals surface area contributed by atoms with Crippen LogP contribution in [0.5, 0.6) is 0 Å². The zero-order chi connectivity index (χ0) is 14.7. The number of carbonyl (C=O) groups is 1. The van der Waals surface area contributed by atoms with Crippen LogP contribution in [-0.4, -0.2) is 15.9 Å². The number of carbonyl (C=O) groups excluding carboxylic acids is 1. The Kier molecular flexibility index (Phi) is 4.60. The first-order valence-electron chi connectivity index (χ1n) is 7.07. The van der Waals surface area contributed by atoms with Gasteiger partial charge in [-0.25, -0.2) is 9.97 Å². The molecular formula is C14H17N3O2S2. The van der Waals surface area contributed by atoms with Crippen molar-refractivity contribution in [1.82, 2.24) is 9.97 Å². The molecule has 1 fully saturated rings. The average Bonchev–Trinajstić information content (AvgIpc) is 3.03. The molecule has 2 aromatic rings. The van der Waals surface area contributed by atoms with Gasteiger partial charge in [-0.1, -0.05) is 24.7 Å². The first-order chi connectivity index (χ1) is 10.2. The Morgan fingerprint density at radius 3 is 3.00 bits per heavy atom. The van der Waals surface area contributed by atoms with Crippen molar-refractivity contribution in [3.8, 4) is 0 Å². The molecule has 112 valence electrons. The average molecular weight is 323 g/mol. The van der Waals surface area contributed by atoms with Crippen LogP contribution >= 0.6 is 23.1 Å². The van der Waals surface area contributed by atoms with Gasteiger partial charge in [-0.3, -0.25) is 4.79 Å². The summed E-state index contributed by atoms with van der Waals surface area (Å²) in [6.07, 6.45) is 7.58. The highest BCUT2D eigenvalue weighted by molar-refractivity contribution is 8.00. The van der Waals surface area contributed by atoms with E-state index >= 15 is 0 Å². The second-order valence-electron chi connectivity index (χ2n) is 4.96. The first-order valence-corrected chi connectivity index (χ1v) is 8.88. The van der Waals surface area contributed by atoms with Crippen LogP contribution in [0.25, 0.3) is 0 Å². The third-order valence-electron chi connectivity index (χ3n) is 3.48. The summed E-state index contributed by atoms with van der Waals surface area (Å²) in [5.74, 6) is 2.60. The van der Waals surface area contributed by atoms with E-state index < -0.39 is 0 Å².